The van der Waals surface area contributed by atoms with Gasteiger partial charge < -0.3 is 10.2 Å². The van der Waals surface area contributed by atoms with E-state index >= 15 is 0 Å². The van der Waals surface area contributed by atoms with Crippen molar-refractivity contribution in [1.29, 1.82) is 0 Å². The molecule has 0 amide bonds. The lowest BCUT2D eigenvalue weighted by molar-refractivity contribution is -0.136. The zero-order valence-electron chi connectivity index (χ0n) is 15.7. The first-order valence-corrected chi connectivity index (χ1v) is 9.67. The van der Waals surface area contributed by atoms with E-state index in [2.05, 4.69) is 13.0 Å². The Hall–Kier alpha value is -1.42. The Bertz CT molecular complexity index is 476. The van der Waals surface area contributed by atoms with Crippen LogP contribution in [0.1, 0.15) is 78.1 Å². The van der Waals surface area contributed by atoms with Gasteiger partial charge in [-0.1, -0.05) is 50.5 Å². The summed E-state index contributed by atoms with van der Waals surface area (Å²) in [6.45, 7) is 3.99. The first-order valence-electron chi connectivity index (χ1n) is 9.67. The van der Waals surface area contributed by atoms with E-state index in [1.165, 1.54) is 0 Å². The van der Waals surface area contributed by atoms with Gasteiger partial charge in [-0.3, -0.25) is 9.59 Å². The molecule has 4 nitrogen and oxygen atoms in total. The highest BCUT2D eigenvalue weighted by Crippen LogP contribution is 2.34. The maximum atomic E-state index is 12.1. The summed E-state index contributed by atoms with van der Waals surface area (Å²) in [5, 5.41) is 19.0. The Balaban J connectivity index is 2.45. The Kier molecular flexibility index (Phi) is 9.73. The molecular formula is C21H34O4. The van der Waals surface area contributed by atoms with Gasteiger partial charge in [-0.2, -0.15) is 0 Å². The number of allylic oxidation sites excluding steroid dienone is 3. The van der Waals surface area contributed by atoms with Gasteiger partial charge in [0.1, 0.15) is 5.78 Å². The molecule has 0 spiro atoms. The van der Waals surface area contributed by atoms with Gasteiger partial charge in [-0.15, -0.1) is 0 Å². The molecule has 0 aromatic carbocycles. The van der Waals surface area contributed by atoms with Crippen LogP contribution in [0.4, 0.5) is 0 Å². The van der Waals surface area contributed by atoms with Crippen molar-refractivity contribution in [1.82, 2.24) is 0 Å². The summed E-state index contributed by atoms with van der Waals surface area (Å²) in [5.41, 5.74) is -0.790. The summed E-state index contributed by atoms with van der Waals surface area (Å²) in [4.78, 5) is 22.6. The quantitative estimate of drug-likeness (QED) is 0.396. The van der Waals surface area contributed by atoms with E-state index in [0.717, 1.165) is 44.9 Å². The van der Waals surface area contributed by atoms with Gasteiger partial charge in [-0.25, -0.2) is 0 Å². The molecule has 1 saturated carbocycles. The van der Waals surface area contributed by atoms with Crippen molar-refractivity contribution in [3.05, 3.63) is 24.3 Å². The Morgan fingerprint density at radius 2 is 2.00 bits per heavy atom. The van der Waals surface area contributed by atoms with Gasteiger partial charge >= 0.3 is 5.97 Å². The standard InChI is InChI=1S/C21H34O4/c1-3-4-9-15-21(2,25)16-14-17-12-13-19(22)18(17)10-7-5-6-8-11-20(23)24/h5-6,14,16-18,25H,3-4,7-13,15H2,1-2H3,(H,23,24)/b6-5-,16-14?/t17-,18-,21?/m0/s1. The predicted octanol–water partition coefficient (Wildman–Crippen LogP) is 4.67. The third-order valence-corrected chi connectivity index (χ3v) is 4.98. The van der Waals surface area contributed by atoms with Crippen LogP contribution in [0.5, 0.6) is 0 Å². The van der Waals surface area contributed by atoms with Crippen LogP contribution in [0, 0.1) is 11.8 Å². The zero-order chi connectivity index (χ0) is 18.7. The number of aliphatic hydroxyl groups is 1. The van der Waals surface area contributed by atoms with E-state index in [1.54, 1.807) is 0 Å². The number of unbranched alkanes of at least 4 members (excludes halogenated alkanes) is 2. The number of rotatable bonds is 12. The van der Waals surface area contributed by atoms with Crippen LogP contribution in [-0.4, -0.2) is 27.6 Å². The molecule has 0 aliphatic heterocycles. The fourth-order valence-corrected chi connectivity index (χ4v) is 3.41. The first kappa shape index (κ1) is 21.6. The summed E-state index contributed by atoms with van der Waals surface area (Å²) in [6.07, 6.45) is 15.6. The van der Waals surface area contributed by atoms with Gasteiger partial charge in [0.05, 0.1) is 5.60 Å². The lowest BCUT2D eigenvalue weighted by atomic mass is 9.88. The highest BCUT2D eigenvalue weighted by Gasteiger charge is 2.32. The number of hydrogen-bond acceptors (Lipinski definition) is 3. The maximum Gasteiger partial charge on any atom is 0.303 e. The normalized spacial score (nSPS) is 23.6. The molecule has 0 radical (unpaired) electrons. The Morgan fingerprint density at radius 3 is 2.68 bits per heavy atom. The third-order valence-electron chi connectivity index (χ3n) is 4.98. The molecule has 0 aromatic heterocycles. The minimum Gasteiger partial charge on any atom is -0.481 e. The van der Waals surface area contributed by atoms with E-state index in [-0.39, 0.29) is 18.3 Å². The first-order chi connectivity index (χ1) is 11.9. The number of aliphatic carboxylic acids is 1. The van der Waals surface area contributed by atoms with Crippen LogP contribution in [-0.2, 0) is 9.59 Å². The fourth-order valence-electron chi connectivity index (χ4n) is 3.41. The molecule has 1 aliphatic carbocycles. The molecule has 0 aromatic rings. The molecule has 1 rings (SSSR count). The van der Waals surface area contributed by atoms with Crippen LogP contribution >= 0.6 is 0 Å². The van der Waals surface area contributed by atoms with Crippen molar-refractivity contribution in [3.63, 3.8) is 0 Å². The van der Waals surface area contributed by atoms with Gasteiger partial charge in [-0.05, 0) is 44.9 Å². The van der Waals surface area contributed by atoms with E-state index in [1.807, 2.05) is 25.2 Å². The summed E-state index contributed by atoms with van der Waals surface area (Å²) < 4.78 is 0. The molecule has 1 fully saturated rings. The average molecular weight is 350 g/mol. The number of Topliss-reactive ketones (excluding diaryl/α,β-unsaturated/α-hetero) is 1. The van der Waals surface area contributed by atoms with Crippen LogP contribution in [0.3, 0.4) is 0 Å². The number of carbonyl (C=O) groups excluding carboxylic acids is 1. The van der Waals surface area contributed by atoms with Crippen molar-refractivity contribution in [2.75, 3.05) is 0 Å². The molecule has 0 saturated heterocycles. The number of ketones is 1. The lowest BCUT2D eigenvalue weighted by Gasteiger charge is -2.21. The second kappa shape index (κ2) is 11.2. The van der Waals surface area contributed by atoms with Crippen LogP contribution in [0.2, 0.25) is 0 Å². The van der Waals surface area contributed by atoms with Gasteiger partial charge in [0.15, 0.2) is 0 Å². The molecule has 0 bridgehead atoms. The molecule has 3 atom stereocenters. The van der Waals surface area contributed by atoms with E-state index in [0.29, 0.717) is 18.6 Å². The number of hydrogen-bond donors (Lipinski definition) is 2. The summed E-state index contributed by atoms with van der Waals surface area (Å²) in [5.74, 6) is -0.213. The van der Waals surface area contributed by atoms with Crippen LogP contribution in [0.15, 0.2) is 24.3 Å². The topological polar surface area (TPSA) is 74.6 Å². The fraction of sp³-hybridized carbons (Fsp3) is 0.714. The van der Waals surface area contributed by atoms with Crippen molar-refractivity contribution in [2.45, 2.75) is 83.7 Å². The van der Waals surface area contributed by atoms with Crippen molar-refractivity contribution in [2.24, 2.45) is 11.8 Å². The molecule has 0 heterocycles. The molecule has 1 unspecified atom stereocenters. The molecule has 2 N–H and O–H groups in total. The minimum atomic E-state index is -0.790. The van der Waals surface area contributed by atoms with E-state index in [9.17, 15) is 14.7 Å². The maximum absolute atomic E-state index is 12.1. The monoisotopic (exact) mass is 350 g/mol. The number of carboxylic acids is 1. The predicted molar refractivity (Wildman–Crippen MR) is 100 cm³/mol. The van der Waals surface area contributed by atoms with Crippen LogP contribution < -0.4 is 0 Å². The summed E-state index contributed by atoms with van der Waals surface area (Å²) >= 11 is 0. The van der Waals surface area contributed by atoms with Crippen LogP contribution in [0.25, 0.3) is 0 Å². The van der Waals surface area contributed by atoms with Gasteiger partial charge in [0.25, 0.3) is 0 Å². The highest BCUT2D eigenvalue weighted by atomic mass is 16.4. The molecule has 4 heteroatoms. The smallest absolute Gasteiger partial charge is 0.303 e. The molecule has 25 heavy (non-hydrogen) atoms. The molecule has 142 valence electrons. The van der Waals surface area contributed by atoms with E-state index < -0.39 is 11.6 Å². The SMILES string of the molecule is CCCCCC(C)(O)C=C[C@@H]1CCC(=O)[C@H]1CC/C=C\CCC(=O)O. The zero-order valence-corrected chi connectivity index (χ0v) is 15.7. The molecular weight excluding hydrogens is 316 g/mol. The highest BCUT2D eigenvalue weighted by molar-refractivity contribution is 5.83. The molecule has 1 aliphatic rings. The second-order valence-electron chi connectivity index (χ2n) is 7.43. The average Bonchev–Trinajstić information content (AvgIpc) is 2.89. The second-order valence-corrected chi connectivity index (χ2v) is 7.43. The minimum absolute atomic E-state index is 0.0341. The van der Waals surface area contributed by atoms with Crippen molar-refractivity contribution < 1.29 is 19.8 Å². The number of carbonyl (C=O) groups is 2. The largest absolute Gasteiger partial charge is 0.481 e. The van der Waals surface area contributed by atoms with Gasteiger partial charge in [0, 0.05) is 18.8 Å². The van der Waals surface area contributed by atoms with E-state index in [4.69, 9.17) is 5.11 Å². The Labute approximate surface area is 152 Å². The van der Waals surface area contributed by atoms with Crippen molar-refractivity contribution >= 4 is 11.8 Å². The number of carboxylic acid groups (broad SMARTS) is 1. The Morgan fingerprint density at radius 1 is 1.28 bits per heavy atom. The van der Waals surface area contributed by atoms with Crippen molar-refractivity contribution in [3.8, 4) is 0 Å². The summed E-state index contributed by atoms with van der Waals surface area (Å²) in [6, 6.07) is 0. The lowest BCUT2D eigenvalue weighted by Crippen LogP contribution is -2.21. The van der Waals surface area contributed by atoms with Gasteiger partial charge in [0.2, 0.25) is 0 Å². The third kappa shape index (κ3) is 9.01. The summed E-state index contributed by atoms with van der Waals surface area (Å²) in [7, 11) is 0.